The molecule has 3 saturated heterocycles. The van der Waals surface area contributed by atoms with Gasteiger partial charge in [0, 0.05) is 19.8 Å². The van der Waals surface area contributed by atoms with Crippen LogP contribution in [-0.4, -0.2) is 42.4 Å². The third kappa shape index (κ3) is 1.28. The highest BCUT2D eigenvalue weighted by molar-refractivity contribution is 6.00. The molecule has 0 amide bonds. The molecule has 3 fully saturated rings. The molecule has 0 unspecified atom stereocenters. The largest absolute Gasteiger partial charge is 0.368 e. The molecule has 3 spiro atoms. The van der Waals surface area contributed by atoms with E-state index in [0.29, 0.717) is 13.2 Å². The molecular formula is C15H20O4. The number of carbonyl (C=O) groups excluding carboxylic acids is 1. The molecule has 104 valence electrons. The Kier molecular flexibility index (Phi) is 2.48. The molecule has 0 aromatic heterocycles. The maximum Gasteiger partial charge on any atom is 0.190 e. The molecule has 0 bridgehead atoms. The fourth-order valence-corrected chi connectivity index (χ4v) is 4.58. The summed E-state index contributed by atoms with van der Waals surface area (Å²) in [6.45, 7) is 2.11. The molecule has 3 atom stereocenters. The standard InChI is InChI=1S/C15H20O4/c16-12-4-8-13(5-1-9-17-13)15(7-3-11-19-15)14(12)6-2-10-18-14/h4,8H,1-3,5-7,9-11H2/t13-,14-,15-/m1/s1. The molecule has 0 radical (unpaired) electrons. The fourth-order valence-electron chi connectivity index (χ4n) is 4.58. The van der Waals surface area contributed by atoms with E-state index in [-0.39, 0.29) is 5.78 Å². The second kappa shape index (κ2) is 3.90. The highest BCUT2D eigenvalue weighted by atomic mass is 16.6. The molecule has 4 rings (SSSR count). The van der Waals surface area contributed by atoms with Crippen LogP contribution in [0.15, 0.2) is 12.2 Å². The van der Waals surface area contributed by atoms with Crippen molar-refractivity contribution in [2.75, 3.05) is 19.8 Å². The molecule has 4 nitrogen and oxygen atoms in total. The van der Waals surface area contributed by atoms with Crippen molar-refractivity contribution in [1.82, 2.24) is 0 Å². The van der Waals surface area contributed by atoms with Gasteiger partial charge < -0.3 is 14.2 Å². The minimum atomic E-state index is -0.789. The van der Waals surface area contributed by atoms with Crippen molar-refractivity contribution >= 4 is 5.78 Å². The van der Waals surface area contributed by atoms with E-state index in [1.807, 2.05) is 6.08 Å². The summed E-state index contributed by atoms with van der Waals surface area (Å²) >= 11 is 0. The average Bonchev–Trinajstić information content (AvgIpc) is 3.13. The van der Waals surface area contributed by atoms with Gasteiger partial charge in [0.25, 0.3) is 0 Å². The monoisotopic (exact) mass is 264 g/mol. The second-order valence-electron chi connectivity index (χ2n) is 6.10. The van der Waals surface area contributed by atoms with Crippen LogP contribution in [0.5, 0.6) is 0 Å². The summed E-state index contributed by atoms with van der Waals surface area (Å²) in [6.07, 6.45) is 9.15. The Balaban J connectivity index is 1.90. The summed E-state index contributed by atoms with van der Waals surface area (Å²) in [6, 6.07) is 0. The predicted molar refractivity (Wildman–Crippen MR) is 67.9 cm³/mol. The molecule has 0 aromatic carbocycles. The van der Waals surface area contributed by atoms with E-state index in [2.05, 4.69) is 0 Å². The topological polar surface area (TPSA) is 44.8 Å². The summed E-state index contributed by atoms with van der Waals surface area (Å²) in [5.74, 6) is 0.0769. The van der Waals surface area contributed by atoms with E-state index < -0.39 is 16.8 Å². The summed E-state index contributed by atoms with van der Waals surface area (Å²) in [4.78, 5) is 12.6. The van der Waals surface area contributed by atoms with E-state index in [0.717, 1.165) is 45.1 Å². The number of rotatable bonds is 0. The van der Waals surface area contributed by atoms with Crippen molar-refractivity contribution < 1.29 is 19.0 Å². The van der Waals surface area contributed by atoms with E-state index in [9.17, 15) is 4.79 Å². The second-order valence-corrected chi connectivity index (χ2v) is 6.10. The van der Waals surface area contributed by atoms with Crippen molar-refractivity contribution in [2.45, 2.75) is 55.3 Å². The molecule has 4 aliphatic rings. The Morgan fingerprint density at radius 1 is 0.895 bits per heavy atom. The first-order valence-corrected chi connectivity index (χ1v) is 7.40. The van der Waals surface area contributed by atoms with E-state index in [1.54, 1.807) is 6.08 Å². The summed E-state index contributed by atoms with van der Waals surface area (Å²) in [5.41, 5.74) is -1.82. The van der Waals surface area contributed by atoms with Crippen LogP contribution in [0.3, 0.4) is 0 Å². The van der Waals surface area contributed by atoms with E-state index in [4.69, 9.17) is 14.2 Å². The van der Waals surface area contributed by atoms with Gasteiger partial charge in [-0.15, -0.1) is 0 Å². The molecule has 0 aromatic rings. The van der Waals surface area contributed by atoms with Crippen LogP contribution in [0.4, 0.5) is 0 Å². The van der Waals surface area contributed by atoms with E-state index >= 15 is 0 Å². The van der Waals surface area contributed by atoms with Crippen LogP contribution in [0, 0.1) is 0 Å². The molecule has 19 heavy (non-hydrogen) atoms. The quantitative estimate of drug-likeness (QED) is 0.669. The van der Waals surface area contributed by atoms with Crippen molar-refractivity contribution in [3.05, 3.63) is 12.2 Å². The number of fused-ring (bicyclic) bond motifs is 2. The van der Waals surface area contributed by atoms with Crippen molar-refractivity contribution in [3.8, 4) is 0 Å². The molecular weight excluding hydrogens is 244 g/mol. The minimum Gasteiger partial charge on any atom is -0.368 e. The third-order valence-corrected chi connectivity index (χ3v) is 5.33. The molecule has 3 aliphatic heterocycles. The van der Waals surface area contributed by atoms with Gasteiger partial charge >= 0.3 is 0 Å². The highest BCUT2D eigenvalue weighted by Crippen LogP contribution is 2.57. The van der Waals surface area contributed by atoms with Crippen LogP contribution in [-0.2, 0) is 19.0 Å². The van der Waals surface area contributed by atoms with Gasteiger partial charge in [0.1, 0.15) is 11.2 Å². The fraction of sp³-hybridized carbons (Fsp3) is 0.800. The van der Waals surface area contributed by atoms with Crippen LogP contribution in [0.2, 0.25) is 0 Å². The molecule has 0 saturated carbocycles. The number of ether oxygens (including phenoxy) is 3. The Morgan fingerprint density at radius 2 is 1.63 bits per heavy atom. The van der Waals surface area contributed by atoms with Crippen molar-refractivity contribution in [3.63, 3.8) is 0 Å². The van der Waals surface area contributed by atoms with Gasteiger partial charge in [-0.3, -0.25) is 4.79 Å². The lowest BCUT2D eigenvalue weighted by Crippen LogP contribution is -2.71. The van der Waals surface area contributed by atoms with E-state index in [1.165, 1.54) is 0 Å². The first kappa shape index (κ1) is 12.1. The maximum absolute atomic E-state index is 12.6. The lowest BCUT2D eigenvalue weighted by Gasteiger charge is -2.54. The zero-order valence-electron chi connectivity index (χ0n) is 11.2. The molecule has 0 N–H and O–H groups in total. The lowest BCUT2D eigenvalue weighted by molar-refractivity contribution is -0.236. The van der Waals surface area contributed by atoms with Gasteiger partial charge in [0.2, 0.25) is 0 Å². The lowest BCUT2D eigenvalue weighted by atomic mass is 9.62. The Morgan fingerprint density at radius 3 is 2.26 bits per heavy atom. The summed E-state index contributed by atoms with van der Waals surface area (Å²) in [5, 5.41) is 0. The first-order chi connectivity index (χ1) is 9.25. The Bertz CT molecular complexity index is 421. The van der Waals surface area contributed by atoms with Gasteiger partial charge in [0.05, 0.1) is 0 Å². The minimum absolute atomic E-state index is 0.0769. The summed E-state index contributed by atoms with van der Waals surface area (Å²) < 4.78 is 18.3. The molecule has 4 heteroatoms. The van der Waals surface area contributed by atoms with Crippen molar-refractivity contribution in [1.29, 1.82) is 0 Å². The SMILES string of the molecule is O=C1C=C[C@]2(CCCO2)[C@]2(CCCO2)[C@@]12CCCO2. The number of ketones is 1. The van der Waals surface area contributed by atoms with Crippen LogP contribution < -0.4 is 0 Å². The van der Waals surface area contributed by atoms with Crippen LogP contribution in [0.25, 0.3) is 0 Å². The normalized spacial score (nSPS) is 49.2. The van der Waals surface area contributed by atoms with Crippen LogP contribution in [0.1, 0.15) is 38.5 Å². The zero-order chi connectivity index (χ0) is 13.0. The van der Waals surface area contributed by atoms with Crippen LogP contribution >= 0.6 is 0 Å². The maximum atomic E-state index is 12.6. The van der Waals surface area contributed by atoms with Gasteiger partial charge in [-0.05, 0) is 50.7 Å². The molecule has 3 heterocycles. The third-order valence-electron chi connectivity index (χ3n) is 5.33. The van der Waals surface area contributed by atoms with Gasteiger partial charge in [0.15, 0.2) is 11.4 Å². The number of hydrogen-bond donors (Lipinski definition) is 0. The predicted octanol–water partition coefficient (Wildman–Crippen LogP) is 1.77. The Hall–Kier alpha value is -0.710. The van der Waals surface area contributed by atoms with Gasteiger partial charge in [-0.1, -0.05) is 0 Å². The van der Waals surface area contributed by atoms with Gasteiger partial charge in [-0.2, -0.15) is 0 Å². The smallest absolute Gasteiger partial charge is 0.190 e. The summed E-state index contributed by atoms with van der Waals surface area (Å²) in [7, 11) is 0. The average molecular weight is 264 g/mol. The van der Waals surface area contributed by atoms with Gasteiger partial charge in [-0.25, -0.2) is 0 Å². The highest BCUT2D eigenvalue weighted by Gasteiger charge is 2.71. The Labute approximate surface area is 113 Å². The van der Waals surface area contributed by atoms with Crippen molar-refractivity contribution in [2.24, 2.45) is 0 Å². The number of hydrogen-bond acceptors (Lipinski definition) is 4. The zero-order valence-corrected chi connectivity index (χ0v) is 11.2. The molecule has 1 aliphatic carbocycles. The first-order valence-electron chi connectivity index (χ1n) is 7.40. The number of carbonyl (C=O) groups is 1.